The van der Waals surface area contributed by atoms with Crippen LogP contribution in [0.4, 0.5) is 0 Å². The van der Waals surface area contributed by atoms with Crippen LogP contribution in [0.25, 0.3) is 0 Å². The zero-order valence-electron chi connectivity index (χ0n) is 12.7. The number of hydrogen-bond donors (Lipinski definition) is 0. The van der Waals surface area contributed by atoms with E-state index in [2.05, 4.69) is 19.1 Å². The standard InChI is InChI=1S/C18H20O4/c1-12-6-2-3-8-14(12)11-21-18(20)16-10-13-7-4-5-9-15(13)17(19)22-16/h2-5,7,9,12,14,16H,6,8,10-11H2,1H3. The average molecular weight is 300 g/mol. The normalized spacial score (nSPS) is 27.0. The van der Waals surface area contributed by atoms with Crippen LogP contribution in [0, 0.1) is 11.8 Å². The minimum Gasteiger partial charge on any atom is -0.463 e. The van der Waals surface area contributed by atoms with Gasteiger partial charge in [-0.05, 0) is 36.3 Å². The van der Waals surface area contributed by atoms with Gasteiger partial charge in [0.15, 0.2) is 0 Å². The van der Waals surface area contributed by atoms with Crippen LogP contribution in [0.5, 0.6) is 0 Å². The molecule has 1 aliphatic heterocycles. The maximum Gasteiger partial charge on any atom is 0.347 e. The summed E-state index contributed by atoms with van der Waals surface area (Å²) >= 11 is 0. The molecule has 0 amide bonds. The highest BCUT2D eigenvalue weighted by molar-refractivity contribution is 5.94. The van der Waals surface area contributed by atoms with Crippen LogP contribution in [-0.4, -0.2) is 24.6 Å². The molecule has 3 atom stereocenters. The third-order valence-corrected chi connectivity index (χ3v) is 4.51. The Hall–Kier alpha value is -2.10. The first-order valence-electron chi connectivity index (χ1n) is 7.75. The van der Waals surface area contributed by atoms with Crippen molar-refractivity contribution in [3.63, 3.8) is 0 Å². The lowest BCUT2D eigenvalue weighted by Gasteiger charge is -2.27. The van der Waals surface area contributed by atoms with Crippen LogP contribution in [-0.2, 0) is 20.7 Å². The summed E-state index contributed by atoms with van der Waals surface area (Å²) < 4.78 is 10.6. The van der Waals surface area contributed by atoms with E-state index in [4.69, 9.17) is 9.47 Å². The highest BCUT2D eigenvalue weighted by Crippen LogP contribution is 2.26. The number of fused-ring (bicyclic) bond motifs is 1. The predicted molar refractivity (Wildman–Crippen MR) is 81.3 cm³/mol. The van der Waals surface area contributed by atoms with E-state index in [0.717, 1.165) is 18.4 Å². The van der Waals surface area contributed by atoms with Crippen molar-refractivity contribution in [1.29, 1.82) is 0 Å². The van der Waals surface area contributed by atoms with Crippen molar-refractivity contribution in [1.82, 2.24) is 0 Å². The largest absolute Gasteiger partial charge is 0.463 e. The predicted octanol–water partition coefficient (Wildman–Crippen LogP) is 2.91. The van der Waals surface area contributed by atoms with Gasteiger partial charge >= 0.3 is 11.9 Å². The van der Waals surface area contributed by atoms with E-state index in [1.165, 1.54) is 0 Å². The van der Waals surface area contributed by atoms with Crippen molar-refractivity contribution in [3.8, 4) is 0 Å². The molecule has 1 heterocycles. The minimum atomic E-state index is -0.822. The molecule has 4 heteroatoms. The molecule has 1 aromatic rings. The Labute approximate surface area is 130 Å². The Morgan fingerprint density at radius 1 is 1.27 bits per heavy atom. The topological polar surface area (TPSA) is 52.6 Å². The molecule has 0 fully saturated rings. The summed E-state index contributed by atoms with van der Waals surface area (Å²) in [4.78, 5) is 24.1. The Morgan fingerprint density at radius 3 is 2.86 bits per heavy atom. The Kier molecular flexibility index (Phi) is 4.27. The minimum absolute atomic E-state index is 0.348. The SMILES string of the molecule is CC1CC=CCC1COC(=O)C1Cc2ccccc2C(=O)O1. The van der Waals surface area contributed by atoms with Gasteiger partial charge in [0.05, 0.1) is 12.2 Å². The molecular weight excluding hydrogens is 280 g/mol. The van der Waals surface area contributed by atoms with Gasteiger partial charge in [-0.25, -0.2) is 9.59 Å². The first-order chi connectivity index (χ1) is 10.6. The number of hydrogen-bond acceptors (Lipinski definition) is 4. The van der Waals surface area contributed by atoms with Crippen LogP contribution in [0.3, 0.4) is 0 Å². The second-order valence-corrected chi connectivity index (χ2v) is 6.07. The molecule has 0 bridgehead atoms. The van der Waals surface area contributed by atoms with Crippen LogP contribution in [0.1, 0.15) is 35.7 Å². The van der Waals surface area contributed by atoms with E-state index in [1.54, 1.807) is 12.1 Å². The fourth-order valence-electron chi connectivity index (χ4n) is 2.98. The van der Waals surface area contributed by atoms with Crippen molar-refractivity contribution in [2.75, 3.05) is 6.61 Å². The zero-order chi connectivity index (χ0) is 15.5. The van der Waals surface area contributed by atoms with Crippen LogP contribution in [0.2, 0.25) is 0 Å². The van der Waals surface area contributed by atoms with Crippen molar-refractivity contribution in [2.45, 2.75) is 32.3 Å². The van der Waals surface area contributed by atoms with Gasteiger partial charge in [0.1, 0.15) is 0 Å². The van der Waals surface area contributed by atoms with Gasteiger partial charge in [0.2, 0.25) is 6.10 Å². The highest BCUT2D eigenvalue weighted by atomic mass is 16.6. The van der Waals surface area contributed by atoms with Crippen LogP contribution in [0.15, 0.2) is 36.4 Å². The van der Waals surface area contributed by atoms with Gasteiger partial charge in [-0.2, -0.15) is 0 Å². The van der Waals surface area contributed by atoms with E-state index in [-0.39, 0.29) is 0 Å². The number of cyclic esters (lactones) is 1. The number of rotatable bonds is 3. The fourth-order valence-corrected chi connectivity index (χ4v) is 2.98. The zero-order valence-corrected chi connectivity index (χ0v) is 12.7. The van der Waals surface area contributed by atoms with E-state index in [0.29, 0.717) is 30.4 Å². The maximum atomic E-state index is 12.2. The Bertz CT molecular complexity index is 605. The molecule has 0 saturated heterocycles. The monoisotopic (exact) mass is 300 g/mol. The van der Waals surface area contributed by atoms with Gasteiger partial charge < -0.3 is 9.47 Å². The quantitative estimate of drug-likeness (QED) is 0.636. The maximum absolute atomic E-state index is 12.2. The highest BCUT2D eigenvalue weighted by Gasteiger charge is 2.32. The molecule has 3 rings (SSSR count). The summed E-state index contributed by atoms with van der Waals surface area (Å²) in [7, 11) is 0. The van der Waals surface area contributed by atoms with Gasteiger partial charge in [-0.3, -0.25) is 0 Å². The molecule has 3 unspecified atom stereocenters. The average Bonchev–Trinajstić information content (AvgIpc) is 2.54. The van der Waals surface area contributed by atoms with E-state index in [1.807, 2.05) is 12.1 Å². The number of ether oxygens (including phenoxy) is 2. The second kappa shape index (κ2) is 6.34. The number of allylic oxidation sites excluding steroid dienone is 2. The molecule has 1 aliphatic carbocycles. The molecule has 0 N–H and O–H groups in total. The van der Waals surface area contributed by atoms with Crippen LogP contribution < -0.4 is 0 Å². The summed E-state index contributed by atoms with van der Waals surface area (Å²) in [6.45, 7) is 2.55. The van der Waals surface area contributed by atoms with Crippen molar-refractivity contribution in [3.05, 3.63) is 47.5 Å². The smallest absolute Gasteiger partial charge is 0.347 e. The summed E-state index contributed by atoms with van der Waals surface area (Å²) in [5.41, 5.74) is 1.38. The second-order valence-electron chi connectivity index (χ2n) is 6.07. The first-order valence-corrected chi connectivity index (χ1v) is 7.75. The lowest BCUT2D eigenvalue weighted by Crippen LogP contribution is -2.36. The van der Waals surface area contributed by atoms with E-state index in [9.17, 15) is 9.59 Å². The van der Waals surface area contributed by atoms with E-state index < -0.39 is 18.0 Å². The molecule has 22 heavy (non-hydrogen) atoms. The summed E-state index contributed by atoms with van der Waals surface area (Å²) in [6.07, 6.45) is 5.83. The summed E-state index contributed by atoms with van der Waals surface area (Å²) in [6, 6.07) is 7.21. The van der Waals surface area contributed by atoms with E-state index >= 15 is 0 Å². The molecule has 0 saturated carbocycles. The molecular formula is C18H20O4. The number of carbonyl (C=O) groups excluding carboxylic acids is 2. The van der Waals surface area contributed by atoms with Crippen molar-refractivity contribution < 1.29 is 19.1 Å². The molecule has 0 spiro atoms. The first kappa shape index (κ1) is 14.8. The lowest BCUT2D eigenvalue weighted by atomic mass is 9.85. The molecule has 2 aliphatic rings. The summed E-state index contributed by atoms with van der Waals surface area (Å²) in [5.74, 6) is -0.0321. The molecule has 1 aromatic carbocycles. The molecule has 116 valence electrons. The molecule has 4 nitrogen and oxygen atoms in total. The number of carbonyl (C=O) groups is 2. The van der Waals surface area contributed by atoms with Gasteiger partial charge in [0.25, 0.3) is 0 Å². The third-order valence-electron chi connectivity index (χ3n) is 4.51. The fraction of sp³-hybridized carbons (Fsp3) is 0.444. The molecule has 0 radical (unpaired) electrons. The van der Waals surface area contributed by atoms with Gasteiger partial charge in [-0.15, -0.1) is 0 Å². The van der Waals surface area contributed by atoms with Gasteiger partial charge in [0, 0.05) is 6.42 Å². The molecule has 0 aromatic heterocycles. The number of benzene rings is 1. The number of esters is 2. The van der Waals surface area contributed by atoms with Crippen LogP contribution >= 0.6 is 0 Å². The Morgan fingerprint density at radius 2 is 2.05 bits per heavy atom. The van der Waals surface area contributed by atoms with Crippen molar-refractivity contribution in [2.24, 2.45) is 11.8 Å². The van der Waals surface area contributed by atoms with Crippen molar-refractivity contribution >= 4 is 11.9 Å². The van der Waals surface area contributed by atoms with Gasteiger partial charge in [-0.1, -0.05) is 37.3 Å². The summed E-state index contributed by atoms with van der Waals surface area (Å²) in [5, 5.41) is 0. The lowest BCUT2D eigenvalue weighted by molar-refractivity contribution is -0.156. The third kappa shape index (κ3) is 3.06. The Balaban J connectivity index is 1.60.